The highest BCUT2D eigenvalue weighted by Crippen LogP contribution is 1.89. The summed E-state index contributed by atoms with van der Waals surface area (Å²) >= 11 is 0. The molecule has 1 unspecified atom stereocenters. The third kappa shape index (κ3) is 2.32. The monoisotopic (exact) mass is 154 g/mol. The number of H-pyrrole nitrogens is 1. The van der Waals surface area contributed by atoms with Crippen LogP contribution >= 0.6 is 9.24 Å². The lowest BCUT2D eigenvalue weighted by atomic mass is 10.5. The fourth-order valence-electron chi connectivity index (χ4n) is 0.662. The number of nitrogens with one attached hydrogen (secondary N) is 1. The molecule has 0 bridgehead atoms. The van der Waals surface area contributed by atoms with Crippen LogP contribution in [-0.4, -0.2) is 23.9 Å². The van der Waals surface area contributed by atoms with Gasteiger partial charge in [0.1, 0.15) is 0 Å². The van der Waals surface area contributed by atoms with Gasteiger partial charge < -0.3 is 4.98 Å². The van der Waals surface area contributed by atoms with Crippen molar-refractivity contribution in [1.82, 2.24) is 4.98 Å². The van der Waals surface area contributed by atoms with Crippen LogP contribution in [0.5, 0.6) is 0 Å². The van der Waals surface area contributed by atoms with Gasteiger partial charge in [0.25, 0.3) is 0 Å². The van der Waals surface area contributed by atoms with E-state index in [4.69, 9.17) is 0 Å². The summed E-state index contributed by atoms with van der Waals surface area (Å²) < 4.78 is 0. The molecule has 10 heavy (non-hydrogen) atoms. The zero-order valence-corrected chi connectivity index (χ0v) is 6.90. The Bertz CT molecular complexity index is 191. The van der Waals surface area contributed by atoms with E-state index < -0.39 is 0 Å². The smallest absolute Gasteiger partial charge is 0.0561 e. The molecule has 1 rings (SSSR count). The second-order valence-corrected chi connectivity index (χ2v) is 2.53. The molecule has 0 aliphatic rings. The van der Waals surface area contributed by atoms with E-state index in [1.165, 1.54) is 0 Å². The molecule has 0 fully saturated rings. The molecule has 0 saturated carbocycles. The molecule has 3 heteroatoms. The van der Waals surface area contributed by atoms with Crippen molar-refractivity contribution in [2.24, 2.45) is 4.99 Å². The van der Waals surface area contributed by atoms with Crippen LogP contribution in [0.1, 0.15) is 5.69 Å². The standard InChI is InChI=1S/C7H11N2P/c10-5-4-8-6-7-2-1-3-9-7/h1-3,6,9H,4-5,10H2/b8-6+. The Morgan fingerprint density at radius 3 is 3.20 bits per heavy atom. The number of aliphatic imine (C=N–C) groups is 1. The average Bonchev–Trinajstić information content (AvgIpc) is 2.41. The predicted molar refractivity (Wildman–Crippen MR) is 47.8 cm³/mol. The van der Waals surface area contributed by atoms with Gasteiger partial charge in [-0.2, -0.15) is 0 Å². The van der Waals surface area contributed by atoms with Crippen LogP contribution in [0.15, 0.2) is 23.3 Å². The first-order chi connectivity index (χ1) is 4.93. The molecule has 0 aliphatic heterocycles. The van der Waals surface area contributed by atoms with Crippen LogP contribution in [0.2, 0.25) is 0 Å². The molecule has 0 aliphatic carbocycles. The molecule has 1 N–H and O–H groups in total. The van der Waals surface area contributed by atoms with E-state index in [0.717, 1.165) is 18.4 Å². The highest BCUT2D eigenvalue weighted by atomic mass is 31.0. The second-order valence-electron chi connectivity index (χ2n) is 1.95. The normalized spacial score (nSPS) is 10.9. The number of aromatic nitrogens is 1. The van der Waals surface area contributed by atoms with E-state index in [-0.39, 0.29) is 0 Å². The molecule has 0 radical (unpaired) electrons. The van der Waals surface area contributed by atoms with Gasteiger partial charge in [-0.1, -0.05) is 0 Å². The molecule has 0 amide bonds. The van der Waals surface area contributed by atoms with Gasteiger partial charge in [-0.3, -0.25) is 4.99 Å². The van der Waals surface area contributed by atoms with E-state index in [1.807, 2.05) is 24.5 Å². The maximum atomic E-state index is 4.16. The minimum absolute atomic E-state index is 0.879. The van der Waals surface area contributed by atoms with Crippen molar-refractivity contribution in [3.05, 3.63) is 24.0 Å². The second kappa shape index (κ2) is 4.24. The largest absolute Gasteiger partial charge is 0.360 e. The highest BCUT2D eigenvalue weighted by Gasteiger charge is 1.82. The first-order valence-corrected chi connectivity index (χ1v) is 4.08. The number of nitrogens with zero attached hydrogens (tertiary/aromatic N) is 1. The third-order valence-electron chi connectivity index (χ3n) is 1.11. The van der Waals surface area contributed by atoms with E-state index in [1.54, 1.807) is 0 Å². The third-order valence-corrected chi connectivity index (χ3v) is 1.37. The Morgan fingerprint density at radius 2 is 2.60 bits per heavy atom. The van der Waals surface area contributed by atoms with Crippen LogP contribution in [0.4, 0.5) is 0 Å². The Balaban J connectivity index is 2.40. The van der Waals surface area contributed by atoms with Gasteiger partial charge in [0.05, 0.1) is 5.69 Å². The lowest BCUT2D eigenvalue weighted by Crippen LogP contribution is -1.83. The fraction of sp³-hybridized carbons (Fsp3) is 0.286. The minimum atomic E-state index is 0.879. The average molecular weight is 154 g/mol. The van der Waals surface area contributed by atoms with Crippen molar-refractivity contribution in [3.8, 4) is 0 Å². The van der Waals surface area contributed by atoms with E-state index >= 15 is 0 Å². The summed E-state index contributed by atoms with van der Waals surface area (Å²) in [5, 5.41) is 0. The Labute approximate surface area is 63.0 Å². The lowest BCUT2D eigenvalue weighted by molar-refractivity contribution is 1.15. The summed E-state index contributed by atoms with van der Waals surface area (Å²) in [4.78, 5) is 7.20. The zero-order chi connectivity index (χ0) is 7.23. The van der Waals surface area contributed by atoms with Crippen LogP contribution in [0.25, 0.3) is 0 Å². The van der Waals surface area contributed by atoms with E-state index in [9.17, 15) is 0 Å². The summed E-state index contributed by atoms with van der Waals surface area (Å²) in [5.41, 5.74) is 1.07. The van der Waals surface area contributed by atoms with Gasteiger partial charge in [-0.15, -0.1) is 9.24 Å². The zero-order valence-electron chi connectivity index (χ0n) is 5.75. The van der Waals surface area contributed by atoms with Crippen molar-refractivity contribution >= 4 is 15.5 Å². The number of rotatable bonds is 3. The van der Waals surface area contributed by atoms with Gasteiger partial charge in [0.2, 0.25) is 0 Å². The van der Waals surface area contributed by atoms with Crippen LogP contribution in [0, 0.1) is 0 Å². The maximum absolute atomic E-state index is 4.16. The minimum Gasteiger partial charge on any atom is -0.360 e. The van der Waals surface area contributed by atoms with Crippen molar-refractivity contribution < 1.29 is 0 Å². The predicted octanol–water partition coefficient (Wildman–Crippen LogP) is 1.31. The summed E-state index contributed by atoms with van der Waals surface area (Å²) in [5.74, 6) is 0. The number of aromatic amines is 1. The van der Waals surface area contributed by atoms with Gasteiger partial charge in [-0.05, 0) is 18.3 Å². The topological polar surface area (TPSA) is 28.1 Å². The summed E-state index contributed by atoms with van der Waals surface area (Å²) in [6.07, 6.45) is 4.77. The molecule has 2 nitrogen and oxygen atoms in total. The number of hydrogen-bond acceptors (Lipinski definition) is 1. The van der Waals surface area contributed by atoms with Crippen LogP contribution in [-0.2, 0) is 0 Å². The molecule has 1 heterocycles. The maximum Gasteiger partial charge on any atom is 0.0561 e. The molecule has 1 atom stereocenters. The van der Waals surface area contributed by atoms with Gasteiger partial charge in [0.15, 0.2) is 0 Å². The van der Waals surface area contributed by atoms with Gasteiger partial charge in [0, 0.05) is 19.0 Å². The molecule has 0 saturated heterocycles. The van der Waals surface area contributed by atoms with Gasteiger partial charge in [-0.25, -0.2) is 0 Å². The van der Waals surface area contributed by atoms with E-state index in [0.29, 0.717) is 0 Å². The van der Waals surface area contributed by atoms with Crippen molar-refractivity contribution in [2.45, 2.75) is 0 Å². The lowest BCUT2D eigenvalue weighted by Gasteiger charge is -1.84. The SMILES string of the molecule is PCC/N=C/c1ccc[nH]1. The van der Waals surface area contributed by atoms with Gasteiger partial charge >= 0.3 is 0 Å². The molecular weight excluding hydrogens is 143 g/mol. The molecular formula is C7H11N2P. The first kappa shape index (κ1) is 7.49. The van der Waals surface area contributed by atoms with Crippen LogP contribution in [0.3, 0.4) is 0 Å². The molecule has 1 aromatic rings. The first-order valence-electron chi connectivity index (χ1n) is 3.27. The Kier molecular flexibility index (Phi) is 3.17. The number of hydrogen-bond donors (Lipinski definition) is 1. The Hall–Kier alpha value is -0.620. The quantitative estimate of drug-likeness (QED) is 0.502. The van der Waals surface area contributed by atoms with Crippen molar-refractivity contribution in [2.75, 3.05) is 12.7 Å². The van der Waals surface area contributed by atoms with Crippen LogP contribution < -0.4 is 0 Å². The fourth-order valence-corrected chi connectivity index (χ4v) is 0.811. The molecule has 1 aromatic heterocycles. The van der Waals surface area contributed by atoms with Crippen molar-refractivity contribution in [1.29, 1.82) is 0 Å². The summed E-state index contributed by atoms with van der Waals surface area (Å²) in [6, 6.07) is 3.95. The molecule has 0 spiro atoms. The Morgan fingerprint density at radius 1 is 1.70 bits per heavy atom. The van der Waals surface area contributed by atoms with E-state index in [2.05, 4.69) is 19.2 Å². The summed E-state index contributed by atoms with van der Waals surface area (Å²) in [6.45, 7) is 0.879. The highest BCUT2D eigenvalue weighted by molar-refractivity contribution is 7.16. The van der Waals surface area contributed by atoms with Crippen molar-refractivity contribution in [3.63, 3.8) is 0 Å². The molecule has 0 aromatic carbocycles. The molecule has 54 valence electrons. The summed E-state index contributed by atoms with van der Waals surface area (Å²) in [7, 11) is 2.64.